The number of ether oxygens (including phenoxy) is 1. The lowest BCUT2D eigenvalue weighted by Gasteiger charge is -2.15. The van der Waals surface area contributed by atoms with Crippen LogP contribution in [0.15, 0.2) is 11.6 Å². The lowest BCUT2D eigenvalue weighted by atomic mass is 10.1. The van der Waals surface area contributed by atoms with Crippen LogP contribution in [0, 0.1) is 0 Å². The number of hydrogen-bond acceptors (Lipinski definition) is 3. The molecule has 0 aromatic heterocycles. The van der Waals surface area contributed by atoms with Gasteiger partial charge in [-0.1, -0.05) is 0 Å². The van der Waals surface area contributed by atoms with Gasteiger partial charge in [0.1, 0.15) is 12.7 Å². The lowest BCUT2D eigenvalue weighted by Crippen LogP contribution is -2.24. The highest BCUT2D eigenvalue weighted by atomic mass is 16.5. The van der Waals surface area contributed by atoms with Crippen molar-refractivity contribution in [1.29, 1.82) is 0 Å². The zero-order chi connectivity index (χ0) is 6.85. The number of aliphatic hydroxyl groups excluding tert-OH is 1. The van der Waals surface area contributed by atoms with E-state index in [1.807, 2.05) is 0 Å². The van der Waals surface area contributed by atoms with E-state index in [2.05, 4.69) is 4.74 Å². The van der Waals surface area contributed by atoms with Crippen molar-refractivity contribution in [2.75, 3.05) is 6.61 Å². The summed E-state index contributed by atoms with van der Waals surface area (Å²) in [5.74, 6) is -0.363. The van der Waals surface area contributed by atoms with Crippen LogP contribution < -0.4 is 0 Å². The molecule has 0 amide bonds. The molecule has 0 saturated carbocycles. The number of cyclic esters (lactones) is 1. The van der Waals surface area contributed by atoms with Crippen LogP contribution in [0.25, 0.3) is 0 Å². The van der Waals surface area contributed by atoms with Crippen molar-refractivity contribution in [3.63, 3.8) is 0 Å². The topological polar surface area (TPSA) is 46.5 Å². The highest BCUT2D eigenvalue weighted by Crippen LogP contribution is 2.07. The van der Waals surface area contributed by atoms with Crippen LogP contribution in [0.3, 0.4) is 0 Å². The molecule has 1 N–H and O–H groups in total. The van der Waals surface area contributed by atoms with E-state index >= 15 is 0 Å². The maximum Gasteiger partial charge on any atom is 0.330 e. The third-order valence-electron chi connectivity index (χ3n) is 1.25. The Morgan fingerprint density at radius 2 is 2.56 bits per heavy atom. The maximum absolute atomic E-state index is 10.4. The second-order valence-electron chi connectivity index (χ2n) is 2.03. The Morgan fingerprint density at radius 1 is 1.89 bits per heavy atom. The first-order valence-electron chi connectivity index (χ1n) is 2.73. The van der Waals surface area contributed by atoms with Crippen LogP contribution in [0.1, 0.15) is 6.92 Å². The maximum atomic E-state index is 10.4. The molecular weight excluding hydrogens is 120 g/mol. The average Bonchev–Trinajstić information content (AvgIpc) is 1.80. The molecule has 1 atom stereocenters. The van der Waals surface area contributed by atoms with E-state index in [1.54, 1.807) is 6.92 Å². The van der Waals surface area contributed by atoms with Gasteiger partial charge < -0.3 is 9.84 Å². The summed E-state index contributed by atoms with van der Waals surface area (Å²) in [4.78, 5) is 10.4. The lowest BCUT2D eigenvalue weighted by molar-refractivity contribution is -0.141. The fraction of sp³-hybridized carbons (Fsp3) is 0.500. The van der Waals surface area contributed by atoms with Gasteiger partial charge in [0.15, 0.2) is 0 Å². The summed E-state index contributed by atoms with van der Waals surface area (Å²) in [7, 11) is 0. The minimum absolute atomic E-state index is 0.0984. The number of carbonyl (C=O) groups excluding carboxylic acids is 1. The van der Waals surface area contributed by atoms with Crippen molar-refractivity contribution < 1.29 is 14.6 Å². The molecule has 0 saturated heterocycles. The van der Waals surface area contributed by atoms with E-state index < -0.39 is 6.10 Å². The Kier molecular flexibility index (Phi) is 1.53. The van der Waals surface area contributed by atoms with Crippen molar-refractivity contribution in [3.05, 3.63) is 11.6 Å². The second-order valence-corrected chi connectivity index (χ2v) is 2.03. The molecule has 0 aliphatic carbocycles. The summed E-state index contributed by atoms with van der Waals surface area (Å²) in [5, 5.41) is 8.95. The predicted octanol–water partition coefficient (Wildman–Crippen LogP) is -0.150. The summed E-state index contributed by atoms with van der Waals surface area (Å²) in [6.45, 7) is 1.80. The molecule has 50 valence electrons. The monoisotopic (exact) mass is 128 g/mol. The van der Waals surface area contributed by atoms with Gasteiger partial charge in [-0.25, -0.2) is 4.79 Å². The van der Waals surface area contributed by atoms with Gasteiger partial charge in [-0.2, -0.15) is 0 Å². The summed E-state index contributed by atoms with van der Waals surface area (Å²) >= 11 is 0. The van der Waals surface area contributed by atoms with Crippen molar-refractivity contribution >= 4 is 5.97 Å². The molecule has 1 aliphatic rings. The quantitative estimate of drug-likeness (QED) is 0.461. The minimum atomic E-state index is -0.595. The number of esters is 1. The Balaban J connectivity index is 2.72. The summed E-state index contributed by atoms with van der Waals surface area (Å²) in [5.41, 5.74) is 0.672. The zero-order valence-electron chi connectivity index (χ0n) is 5.13. The van der Waals surface area contributed by atoms with Crippen LogP contribution >= 0.6 is 0 Å². The van der Waals surface area contributed by atoms with Gasteiger partial charge in [-0.3, -0.25) is 0 Å². The molecular formula is C6H8O3. The standard InChI is InChI=1S/C6H8O3/c1-4-2-6(8)9-3-5(4)7/h2,5,7H,3H2,1H3. The molecule has 9 heavy (non-hydrogen) atoms. The van der Waals surface area contributed by atoms with E-state index in [-0.39, 0.29) is 12.6 Å². The average molecular weight is 128 g/mol. The van der Waals surface area contributed by atoms with E-state index in [0.29, 0.717) is 5.57 Å². The van der Waals surface area contributed by atoms with Crippen molar-refractivity contribution in [2.45, 2.75) is 13.0 Å². The van der Waals surface area contributed by atoms with Crippen LogP contribution in [0.2, 0.25) is 0 Å². The Bertz CT molecular complexity index is 160. The van der Waals surface area contributed by atoms with Gasteiger partial charge in [0, 0.05) is 6.08 Å². The highest BCUT2D eigenvalue weighted by molar-refractivity contribution is 5.83. The van der Waals surface area contributed by atoms with Gasteiger partial charge >= 0.3 is 5.97 Å². The van der Waals surface area contributed by atoms with E-state index in [1.165, 1.54) is 6.08 Å². The number of hydrogen-bond donors (Lipinski definition) is 1. The molecule has 3 heteroatoms. The summed E-state index contributed by atoms with van der Waals surface area (Å²) in [6.07, 6.45) is 0.705. The zero-order valence-corrected chi connectivity index (χ0v) is 5.13. The van der Waals surface area contributed by atoms with E-state index in [4.69, 9.17) is 5.11 Å². The SMILES string of the molecule is CC1=CC(=O)OCC1O. The fourth-order valence-electron chi connectivity index (χ4n) is 0.616. The van der Waals surface area contributed by atoms with Gasteiger partial charge in [-0.05, 0) is 12.5 Å². The van der Waals surface area contributed by atoms with Crippen molar-refractivity contribution in [1.82, 2.24) is 0 Å². The molecule has 0 aromatic carbocycles. The van der Waals surface area contributed by atoms with Crippen molar-refractivity contribution in [3.8, 4) is 0 Å². The van der Waals surface area contributed by atoms with Gasteiger partial charge in [0.05, 0.1) is 0 Å². The highest BCUT2D eigenvalue weighted by Gasteiger charge is 2.15. The first-order chi connectivity index (χ1) is 4.20. The first kappa shape index (κ1) is 6.29. The molecule has 1 unspecified atom stereocenters. The van der Waals surface area contributed by atoms with Crippen molar-refractivity contribution in [2.24, 2.45) is 0 Å². The van der Waals surface area contributed by atoms with Crippen LogP contribution in [-0.4, -0.2) is 23.8 Å². The molecule has 0 aromatic rings. The summed E-state index contributed by atoms with van der Waals surface area (Å²) in [6, 6.07) is 0. The fourth-order valence-corrected chi connectivity index (χ4v) is 0.616. The van der Waals surface area contributed by atoms with Gasteiger partial charge in [-0.15, -0.1) is 0 Å². The first-order valence-corrected chi connectivity index (χ1v) is 2.73. The van der Waals surface area contributed by atoms with E-state index in [9.17, 15) is 4.79 Å². The number of rotatable bonds is 0. The molecule has 1 rings (SSSR count). The number of aliphatic hydroxyl groups is 1. The molecule has 1 heterocycles. The van der Waals surface area contributed by atoms with E-state index in [0.717, 1.165) is 0 Å². The molecule has 0 fully saturated rings. The normalized spacial score (nSPS) is 27.1. The van der Waals surface area contributed by atoms with Crippen LogP contribution in [-0.2, 0) is 9.53 Å². The Morgan fingerprint density at radius 3 is 3.00 bits per heavy atom. The van der Waals surface area contributed by atoms with Crippen LogP contribution in [0.5, 0.6) is 0 Å². The van der Waals surface area contributed by atoms with Gasteiger partial charge in [0.2, 0.25) is 0 Å². The molecule has 3 nitrogen and oxygen atoms in total. The smallest absolute Gasteiger partial charge is 0.330 e. The van der Waals surface area contributed by atoms with Gasteiger partial charge in [0.25, 0.3) is 0 Å². The third kappa shape index (κ3) is 1.29. The molecule has 0 bridgehead atoms. The molecule has 0 radical (unpaired) electrons. The van der Waals surface area contributed by atoms with Crippen LogP contribution in [0.4, 0.5) is 0 Å². The summed E-state index contributed by atoms with van der Waals surface area (Å²) < 4.78 is 4.50. The number of carbonyl (C=O) groups is 1. The largest absolute Gasteiger partial charge is 0.459 e. The third-order valence-corrected chi connectivity index (χ3v) is 1.25. The second kappa shape index (κ2) is 2.19. The molecule has 1 aliphatic heterocycles. The Labute approximate surface area is 52.9 Å². The minimum Gasteiger partial charge on any atom is -0.459 e. The Hall–Kier alpha value is -0.830. The predicted molar refractivity (Wildman–Crippen MR) is 30.7 cm³/mol. The molecule has 0 spiro atoms.